The standard InChI is InChI=1S/C14H22N2/c1-11-4-6-13(7-5-11)16-10-12(15)8-9-14(16,2)3/h4-7,12H,8-10,15H2,1-3H3. The molecule has 1 heterocycles. The lowest BCUT2D eigenvalue weighted by Crippen LogP contribution is -2.54. The van der Waals surface area contributed by atoms with E-state index in [1.54, 1.807) is 0 Å². The van der Waals surface area contributed by atoms with Crippen LogP contribution in [0.15, 0.2) is 24.3 Å². The van der Waals surface area contributed by atoms with E-state index in [1.807, 2.05) is 0 Å². The van der Waals surface area contributed by atoms with Gasteiger partial charge < -0.3 is 10.6 Å². The van der Waals surface area contributed by atoms with Gasteiger partial charge in [-0.15, -0.1) is 0 Å². The first kappa shape index (κ1) is 11.5. The van der Waals surface area contributed by atoms with Crippen molar-refractivity contribution in [3.63, 3.8) is 0 Å². The van der Waals surface area contributed by atoms with Gasteiger partial charge >= 0.3 is 0 Å². The van der Waals surface area contributed by atoms with Crippen LogP contribution < -0.4 is 10.6 Å². The van der Waals surface area contributed by atoms with E-state index in [4.69, 9.17) is 5.73 Å². The Morgan fingerprint density at radius 3 is 2.50 bits per heavy atom. The third kappa shape index (κ3) is 2.22. The van der Waals surface area contributed by atoms with Crippen LogP contribution in [0.4, 0.5) is 5.69 Å². The van der Waals surface area contributed by atoms with Crippen LogP contribution in [0.3, 0.4) is 0 Å². The molecule has 2 rings (SSSR count). The lowest BCUT2D eigenvalue weighted by atomic mass is 9.88. The van der Waals surface area contributed by atoms with Gasteiger partial charge in [0.15, 0.2) is 0 Å². The van der Waals surface area contributed by atoms with E-state index in [2.05, 4.69) is 49.9 Å². The molecule has 0 amide bonds. The van der Waals surface area contributed by atoms with Gasteiger partial charge in [-0.25, -0.2) is 0 Å². The molecule has 0 radical (unpaired) electrons. The average molecular weight is 218 g/mol. The molecule has 1 saturated heterocycles. The lowest BCUT2D eigenvalue weighted by Gasteiger charge is -2.46. The van der Waals surface area contributed by atoms with Crippen LogP contribution in [-0.4, -0.2) is 18.1 Å². The maximum absolute atomic E-state index is 6.07. The highest BCUT2D eigenvalue weighted by Gasteiger charge is 2.32. The zero-order chi connectivity index (χ0) is 11.8. The Labute approximate surface area is 98.4 Å². The van der Waals surface area contributed by atoms with Gasteiger partial charge in [0, 0.05) is 23.8 Å². The number of benzene rings is 1. The zero-order valence-corrected chi connectivity index (χ0v) is 10.5. The number of hydrogen-bond donors (Lipinski definition) is 1. The fourth-order valence-electron chi connectivity index (χ4n) is 2.43. The van der Waals surface area contributed by atoms with Crippen molar-refractivity contribution >= 4 is 5.69 Å². The minimum absolute atomic E-state index is 0.227. The highest BCUT2D eigenvalue weighted by atomic mass is 15.2. The summed E-state index contributed by atoms with van der Waals surface area (Å²) in [6, 6.07) is 9.07. The first-order valence-corrected chi connectivity index (χ1v) is 6.09. The van der Waals surface area contributed by atoms with Gasteiger partial charge in [0.2, 0.25) is 0 Å². The minimum Gasteiger partial charge on any atom is -0.365 e. The molecule has 0 aromatic heterocycles. The van der Waals surface area contributed by atoms with Crippen LogP contribution in [0, 0.1) is 6.92 Å². The molecule has 1 aromatic rings. The van der Waals surface area contributed by atoms with Gasteiger partial charge in [-0.3, -0.25) is 0 Å². The number of nitrogens with two attached hydrogens (primary N) is 1. The molecule has 0 spiro atoms. The molecule has 1 aliphatic heterocycles. The van der Waals surface area contributed by atoms with Crippen molar-refractivity contribution < 1.29 is 0 Å². The van der Waals surface area contributed by atoms with Gasteiger partial charge in [0.25, 0.3) is 0 Å². The predicted molar refractivity (Wildman–Crippen MR) is 69.8 cm³/mol. The summed E-state index contributed by atoms with van der Waals surface area (Å²) in [5.74, 6) is 0. The summed E-state index contributed by atoms with van der Waals surface area (Å²) < 4.78 is 0. The Morgan fingerprint density at radius 2 is 1.88 bits per heavy atom. The molecule has 2 nitrogen and oxygen atoms in total. The Hall–Kier alpha value is -1.02. The van der Waals surface area contributed by atoms with Crippen molar-refractivity contribution in [2.75, 3.05) is 11.4 Å². The predicted octanol–water partition coefficient (Wildman–Crippen LogP) is 2.70. The van der Waals surface area contributed by atoms with Crippen molar-refractivity contribution in [2.24, 2.45) is 5.73 Å². The third-order valence-electron chi connectivity index (χ3n) is 3.62. The van der Waals surface area contributed by atoms with Gasteiger partial charge in [-0.05, 0) is 45.7 Å². The molecule has 1 aromatic carbocycles. The highest BCUT2D eigenvalue weighted by molar-refractivity contribution is 5.50. The van der Waals surface area contributed by atoms with Crippen LogP contribution in [0.25, 0.3) is 0 Å². The number of hydrogen-bond acceptors (Lipinski definition) is 2. The quantitative estimate of drug-likeness (QED) is 0.785. The van der Waals surface area contributed by atoms with Crippen molar-refractivity contribution in [2.45, 2.75) is 45.2 Å². The Kier molecular flexibility index (Phi) is 2.94. The molecule has 88 valence electrons. The van der Waals surface area contributed by atoms with Gasteiger partial charge in [0.05, 0.1) is 0 Å². The second-order valence-corrected chi connectivity index (χ2v) is 5.56. The third-order valence-corrected chi connectivity index (χ3v) is 3.62. The SMILES string of the molecule is Cc1ccc(N2CC(N)CCC2(C)C)cc1. The van der Waals surface area contributed by atoms with Crippen molar-refractivity contribution in [3.05, 3.63) is 29.8 Å². The molecule has 1 unspecified atom stereocenters. The summed E-state index contributed by atoms with van der Waals surface area (Å²) in [6.07, 6.45) is 2.30. The zero-order valence-electron chi connectivity index (χ0n) is 10.5. The number of aryl methyl sites for hydroxylation is 1. The fourth-order valence-corrected chi connectivity index (χ4v) is 2.43. The van der Waals surface area contributed by atoms with E-state index in [-0.39, 0.29) is 5.54 Å². The molecule has 2 N–H and O–H groups in total. The van der Waals surface area contributed by atoms with Gasteiger partial charge in [-0.2, -0.15) is 0 Å². The molecule has 1 fully saturated rings. The monoisotopic (exact) mass is 218 g/mol. The summed E-state index contributed by atoms with van der Waals surface area (Å²) >= 11 is 0. The van der Waals surface area contributed by atoms with Crippen molar-refractivity contribution in [1.82, 2.24) is 0 Å². The van der Waals surface area contributed by atoms with E-state index in [1.165, 1.54) is 17.7 Å². The molecule has 0 aliphatic carbocycles. The van der Waals surface area contributed by atoms with Crippen LogP contribution >= 0.6 is 0 Å². The summed E-state index contributed by atoms with van der Waals surface area (Å²) in [5.41, 5.74) is 8.90. The maximum atomic E-state index is 6.07. The van der Waals surface area contributed by atoms with E-state index < -0.39 is 0 Å². The molecular weight excluding hydrogens is 196 g/mol. The van der Waals surface area contributed by atoms with Crippen LogP contribution in [-0.2, 0) is 0 Å². The molecule has 2 heteroatoms. The minimum atomic E-state index is 0.227. The largest absolute Gasteiger partial charge is 0.365 e. The number of nitrogens with zero attached hydrogens (tertiary/aromatic N) is 1. The summed E-state index contributed by atoms with van der Waals surface area (Å²) in [4.78, 5) is 2.45. The topological polar surface area (TPSA) is 29.3 Å². The molecular formula is C14H22N2. The normalized spacial score (nSPS) is 24.5. The van der Waals surface area contributed by atoms with Crippen LogP contribution in [0.5, 0.6) is 0 Å². The van der Waals surface area contributed by atoms with Crippen LogP contribution in [0.2, 0.25) is 0 Å². The molecule has 1 aliphatic rings. The highest BCUT2D eigenvalue weighted by Crippen LogP contribution is 2.32. The Morgan fingerprint density at radius 1 is 1.25 bits per heavy atom. The first-order chi connectivity index (χ1) is 7.49. The number of anilines is 1. The first-order valence-electron chi connectivity index (χ1n) is 6.09. The summed E-state index contributed by atoms with van der Waals surface area (Å²) in [7, 11) is 0. The van der Waals surface area contributed by atoms with E-state index in [0.717, 1.165) is 13.0 Å². The molecule has 1 atom stereocenters. The molecule has 16 heavy (non-hydrogen) atoms. The van der Waals surface area contributed by atoms with E-state index in [0.29, 0.717) is 6.04 Å². The van der Waals surface area contributed by atoms with Gasteiger partial charge in [-0.1, -0.05) is 17.7 Å². The fraction of sp³-hybridized carbons (Fsp3) is 0.571. The Balaban J connectivity index is 2.26. The maximum Gasteiger partial charge on any atom is 0.0371 e. The number of piperidine rings is 1. The summed E-state index contributed by atoms with van der Waals surface area (Å²) in [6.45, 7) is 7.70. The second kappa shape index (κ2) is 4.10. The average Bonchev–Trinajstić information content (AvgIpc) is 2.23. The van der Waals surface area contributed by atoms with Crippen molar-refractivity contribution in [1.29, 1.82) is 0 Å². The van der Waals surface area contributed by atoms with Crippen molar-refractivity contribution in [3.8, 4) is 0 Å². The summed E-state index contributed by atoms with van der Waals surface area (Å²) in [5, 5.41) is 0. The molecule has 0 saturated carbocycles. The van der Waals surface area contributed by atoms with Gasteiger partial charge in [0.1, 0.15) is 0 Å². The van der Waals surface area contributed by atoms with E-state index in [9.17, 15) is 0 Å². The Bertz CT molecular complexity index is 354. The molecule has 0 bridgehead atoms. The number of rotatable bonds is 1. The smallest absolute Gasteiger partial charge is 0.0371 e. The second-order valence-electron chi connectivity index (χ2n) is 5.56. The van der Waals surface area contributed by atoms with E-state index >= 15 is 0 Å². The van der Waals surface area contributed by atoms with Crippen LogP contribution in [0.1, 0.15) is 32.3 Å². The lowest BCUT2D eigenvalue weighted by molar-refractivity contribution is 0.335.